The minimum absolute atomic E-state index is 0.937. The molecule has 0 fully saturated rings. The number of hydrogen-bond donors (Lipinski definition) is 0. The molecule has 1 aromatic rings. The molecule has 0 saturated carbocycles. The van der Waals surface area contributed by atoms with Crippen molar-refractivity contribution in [2.24, 2.45) is 0 Å². The molecular weight excluding hydrogens is 493 g/mol. The van der Waals surface area contributed by atoms with Gasteiger partial charge in [-0.05, 0) is 24.0 Å². The highest BCUT2D eigenvalue weighted by atomic mass is 32.2. The summed E-state index contributed by atoms with van der Waals surface area (Å²) in [4.78, 5) is 4.49. The summed E-state index contributed by atoms with van der Waals surface area (Å²) in [7, 11) is 4.27. The van der Waals surface area contributed by atoms with Gasteiger partial charge in [-0.15, -0.1) is 0 Å². The molecule has 0 aromatic heterocycles. The summed E-state index contributed by atoms with van der Waals surface area (Å²) in [6, 6.07) is 8.95. The van der Waals surface area contributed by atoms with Gasteiger partial charge in [0.05, 0.1) is 0 Å². The number of rotatable bonds is 18. The van der Waals surface area contributed by atoms with Crippen molar-refractivity contribution in [2.45, 2.75) is 102 Å². The number of nitrogens with zero attached hydrogens (tertiary/aromatic N) is 2. The van der Waals surface area contributed by atoms with E-state index in [0.717, 1.165) is 33.2 Å². The topological polar surface area (TPSA) is 6.48 Å². The minimum atomic E-state index is 0.937. The number of thioether (sulfide) groups is 2. The maximum atomic E-state index is 5.64. The summed E-state index contributed by atoms with van der Waals surface area (Å²) in [6.45, 7) is 6.67. The predicted molar refractivity (Wildman–Crippen MR) is 166 cm³/mol. The van der Waals surface area contributed by atoms with E-state index in [4.69, 9.17) is 24.4 Å². The number of unbranched alkanes of at least 4 members (excludes halogenated alkanes) is 10. The van der Waals surface area contributed by atoms with Gasteiger partial charge in [-0.25, -0.2) is 0 Å². The molecule has 0 bridgehead atoms. The Bertz CT molecular complexity index is 606. The van der Waals surface area contributed by atoms with Crippen LogP contribution in [0.15, 0.2) is 24.3 Å². The third kappa shape index (κ3) is 15.6. The van der Waals surface area contributed by atoms with Gasteiger partial charge in [-0.1, -0.05) is 150 Å². The molecule has 0 aliphatic rings. The molecule has 0 aliphatic carbocycles. The fourth-order valence-electron chi connectivity index (χ4n) is 3.68. The molecule has 6 heteroatoms. The van der Waals surface area contributed by atoms with Gasteiger partial charge >= 0.3 is 0 Å². The Morgan fingerprint density at radius 3 is 1.26 bits per heavy atom. The Morgan fingerprint density at radius 1 is 0.588 bits per heavy atom. The molecule has 0 spiro atoms. The van der Waals surface area contributed by atoms with Gasteiger partial charge in [0.15, 0.2) is 0 Å². The molecule has 2 nitrogen and oxygen atoms in total. The second kappa shape index (κ2) is 20.8. The SMILES string of the molecule is CCCCCCCCN(C)C(=S)SCc1ccc(CSC(=S)N(C)CCCCCCCC)cc1. The summed E-state index contributed by atoms with van der Waals surface area (Å²) in [6.07, 6.45) is 15.9. The molecule has 194 valence electrons. The molecule has 0 unspecified atom stereocenters. The van der Waals surface area contributed by atoms with E-state index in [2.05, 4.69) is 62.0 Å². The van der Waals surface area contributed by atoms with E-state index in [1.54, 1.807) is 23.5 Å². The van der Waals surface area contributed by atoms with Crippen LogP contribution in [0.1, 0.15) is 102 Å². The molecule has 0 saturated heterocycles. The van der Waals surface area contributed by atoms with Gasteiger partial charge in [0.2, 0.25) is 0 Å². The number of benzene rings is 1. The van der Waals surface area contributed by atoms with Crippen LogP contribution in [0.4, 0.5) is 0 Å². The maximum Gasteiger partial charge on any atom is 0.136 e. The average Bonchev–Trinajstić information content (AvgIpc) is 2.85. The smallest absolute Gasteiger partial charge is 0.136 e. The second-order valence-corrected chi connectivity index (χ2v) is 12.5. The lowest BCUT2D eigenvalue weighted by molar-refractivity contribution is 0.478. The first-order valence-electron chi connectivity index (χ1n) is 13.3. The van der Waals surface area contributed by atoms with Crippen LogP contribution in [0.25, 0.3) is 0 Å². The molecule has 0 amide bonds. The maximum absolute atomic E-state index is 5.64. The van der Waals surface area contributed by atoms with Crippen LogP contribution in [-0.2, 0) is 11.5 Å². The summed E-state index contributed by atoms with van der Waals surface area (Å²) in [5, 5.41) is 0. The number of thiocarbonyl (C=S) groups is 2. The lowest BCUT2D eigenvalue weighted by Crippen LogP contribution is -2.23. The first kappa shape index (κ1) is 31.7. The second-order valence-electron chi connectivity index (χ2n) is 9.30. The van der Waals surface area contributed by atoms with Crippen LogP contribution in [0.3, 0.4) is 0 Å². The standard InChI is InChI=1S/C28H48N2S4/c1-5-7-9-11-13-15-21-29(3)27(31)33-23-25-17-19-26(20-18-25)24-34-28(32)30(4)22-16-14-12-10-8-6-2/h17-20H,5-16,21-24H2,1-4H3. The molecule has 0 N–H and O–H groups in total. The lowest BCUT2D eigenvalue weighted by atomic mass is 10.1. The number of hydrogen-bond acceptors (Lipinski definition) is 4. The largest absolute Gasteiger partial charge is 0.361 e. The van der Waals surface area contributed by atoms with Crippen molar-refractivity contribution in [3.05, 3.63) is 35.4 Å². The lowest BCUT2D eigenvalue weighted by Gasteiger charge is -2.20. The van der Waals surface area contributed by atoms with Crippen LogP contribution in [0, 0.1) is 0 Å². The molecule has 0 atom stereocenters. The van der Waals surface area contributed by atoms with Crippen LogP contribution in [-0.4, -0.2) is 45.6 Å². The summed E-state index contributed by atoms with van der Waals surface area (Å²) >= 11 is 14.8. The summed E-state index contributed by atoms with van der Waals surface area (Å²) in [5.41, 5.74) is 2.66. The first-order chi connectivity index (χ1) is 16.5. The van der Waals surface area contributed by atoms with Crippen molar-refractivity contribution >= 4 is 56.6 Å². The average molecular weight is 541 g/mol. The highest BCUT2D eigenvalue weighted by molar-refractivity contribution is 8.22. The van der Waals surface area contributed by atoms with Gasteiger partial charge in [0, 0.05) is 38.7 Å². The van der Waals surface area contributed by atoms with Crippen molar-refractivity contribution in [1.29, 1.82) is 0 Å². The van der Waals surface area contributed by atoms with E-state index < -0.39 is 0 Å². The van der Waals surface area contributed by atoms with Crippen molar-refractivity contribution in [3.8, 4) is 0 Å². The molecule has 1 rings (SSSR count). The van der Waals surface area contributed by atoms with E-state index in [-0.39, 0.29) is 0 Å². The van der Waals surface area contributed by atoms with E-state index in [0.29, 0.717) is 0 Å². The van der Waals surface area contributed by atoms with E-state index >= 15 is 0 Å². The van der Waals surface area contributed by atoms with Gasteiger partial charge in [0.25, 0.3) is 0 Å². The van der Waals surface area contributed by atoms with Crippen molar-refractivity contribution < 1.29 is 0 Å². The monoisotopic (exact) mass is 540 g/mol. The Labute approximate surface area is 230 Å². The summed E-state index contributed by atoms with van der Waals surface area (Å²) in [5.74, 6) is 1.87. The minimum Gasteiger partial charge on any atom is -0.361 e. The zero-order valence-electron chi connectivity index (χ0n) is 22.2. The van der Waals surface area contributed by atoms with E-state index in [1.807, 2.05) is 0 Å². The summed E-state index contributed by atoms with van der Waals surface area (Å²) < 4.78 is 2.01. The van der Waals surface area contributed by atoms with Crippen molar-refractivity contribution in [1.82, 2.24) is 9.80 Å². The Hall–Kier alpha value is -0.300. The highest BCUT2D eigenvalue weighted by Crippen LogP contribution is 2.20. The Kier molecular flexibility index (Phi) is 19.5. The van der Waals surface area contributed by atoms with E-state index in [1.165, 1.54) is 88.2 Å². The molecule has 0 aliphatic heterocycles. The zero-order chi connectivity index (χ0) is 25.0. The van der Waals surface area contributed by atoms with Gasteiger partial charge < -0.3 is 9.80 Å². The molecule has 0 heterocycles. The first-order valence-corrected chi connectivity index (χ1v) is 16.1. The van der Waals surface area contributed by atoms with Gasteiger partial charge in [0.1, 0.15) is 8.64 Å². The Balaban J connectivity index is 2.22. The van der Waals surface area contributed by atoms with Crippen LogP contribution >= 0.6 is 48.0 Å². The van der Waals surface area contributed by atoms with Crippen LogP contribution in [0.2, 0.25) is 0 Å². The normalized spacial score (nSPS) is 10.9. The van der Waals surface area contributed by atoms with E-state index in [9.17, 15) is 0 Å². The third-order valence-electron chi connectivity index (χ3n) is 6.07. The van der Waals surface area contributed by atoms with Crippen molar-refractivity contribution in [2.75, 3.05) is 27.2 Å². The molecular formula is C28H48N2S4. The Morgan fingerprint density at radius 2 is 0.912 bits per heavy atom. The van der Waals surface area contributed by atoms with Crippen molar-refractivity contribution in [3.63, 3.8) is 0 Å². The quantitative estimate of drug-likeness (QED) is 0.134. The highest BCUT2D eigenvalue weighted by Gasteiger charge is 2.08. The van der Waals surface area contributed by atoms with Gasteiger partial charge in [-0.3, -0.25) is 0 Å². The van der Waals surface area contributed by atoms with Crippen LogP contribution in [0.5, 0.6) is 0 Å². The fourth-order valence-corrected chi connectivity index (χ4v) is 5.81. The molecule has 1 aromatic carbocycles. The predicted octanol–water partition coefficient (Wildman–Crippen LogP) is 9.31. The third-order valence-corrected chi connectivity index (χ3v) is 9.47. The van der Waals surface area contributed by atoms with Gasteiger partial charge in [-0.2, -0.15) is 0 Å². The fraction of sp³-hybridized carbons (Fsp3) is 0.714. The zero-order valence-corrected chi connectivity index (χ0v) is 25.4. The molecule has 0 radical (unpaired) electrons. The molecule has 34 heavy (non-hydrogen) atoms. The van der Waals surface area contributed by atoms with Crippen LogP contribution < -0.4 is 0 Å².